The largest absolute Gasteiger partial charge is 0.352 e. The number of rotatable bonds is 6. The van der Waals surface area contributed by atoms with Crippen LogP contribution in [-0.2, 0) is 4.79 Å². The molecule has 0 heterocycles. The van der Waals surface area contributed by atoms with Gasteiger partial charge in [0.2, 0.25) is 5.91 Å². The lowest BCUT2D eigenvalue weighted by molar-refractivity contribution is -0.119. The highest BCUT2D eigenvalue weighted by Gasteiger charge is 2.03. The second-order valence-corrected chi connectivity index (χ2v) is 4.97. The van der Waals surface area contributed by atoms with E-state index in [9.17, 15) is 4.79 Å². The predicted molar refractivity (Wildman–Crippen MR) is 82.4 cm³/mol. The van der Waals surface area contributed by atoms with Crippen LogP contribution in [-0.4, -0.2) is 34.9 Å². The van der Waals surface area contributed by atoms with Crippen LogP contribution in [0.2, 0.25) is 0 Å². The van der Waals surface area contributed by atoms with Crippen molar-refractivity contribution in [1.29, 1.82) is 0 Å². The fraction of sp³-hybridized carbons (Fsp3) is 0.833. The quantitative estimate of drug-likeness (QED) is 0.587. The molecule has 2 atom stereocenters. The number of aliphatic imine (C=N–C) groups is 1. The third kappa shape index (κ3) is 14.1. The number of carbonyl (C=O) groups is 1. The summed E-state index contributed by atoms with van der Waals surface area (Å²) in [5.41, 5.74) is 0. The summed E-state index contributed by atoms with van der Waals surface area (Å²) in [5, 5.41) is 3.29. The number of halogens is 3. The molecule has 0 aromatic rings. The van der Waals surface area contributed by atoms with Crippen LogP contribution in [0.15, 0.2) is 4.99 Å². The summed E-state index contributed by atoms with van der Waals surface area (Å²) in [6.07, 6.45) is 1.84. The van der Waals surface area contributed by atoms with Crippen LogP contribution < -0.4 is 5.32 Å². The van der Waals surface area contributed by atoms with Gasteiger partial charge in [0.25, 0.3) is 0 Å². The molecular formula is C12H23Cl3N2O. The first-order chi connectivity index (χ1) is 8.40. The monoisotopic (exact) mass is 316 g/mol. The first-order valence-electron chi connectivity index (χ1n) is 6.00. The van der Waals surface area contributed by atoms with E-state index in [4.69, 9.17) is 34.8 Å². The van der Waals surface area contributed by atoms with Crippen LogP contribution in [0.25, 0.3) is 0 Å². The molecule has 0 aromatic heterocycles. The van der Waals surface area contributed by atoms with E-state index in [1.165, 1.54) is 6.92 Å². The summed E-state index contributed by atoms with van der Waals surface area (Å²) in [7, 11) is 0. The highest BCUT2D eigenvalue weighted by Crippen LogP contribution is 2.01. The minimum absolute atomic E-state index is 0.0116. The molecule has 0 radical (unpaired) electrons. The van der Waals surface area contributed by atoms with Gasteiger partial charge in [-0.15, -0.1) is 23.2 Å². The van der Waals surface area contributed by atoms with Crippen molar-refractivity contribution in [2.45, 2.75) is 52.6 Å². The SMILES string of the molecule is CCC(CCl)N=C(C)Cl.CCC(CCl)NC(C)=O. The molecular weight excluding hydrogens is 295 g/mol. The number of hydrogen-bond acceptors (Lipinski definition) is 2. The fourth-order valence-corrected chi connectivity index (χ4v) is 1.74. The second-order valence-electron chi connectivity index (χ2n) is 3.80. The third-order valence-corrected chi connectivity index (χ3v) is 2.92. The molecule has 1 amide bonds. The van der Waals surface area contributed by atoms with Crippen LogP contribution in [0.5, 0.6) is 0 Å². The Morgan fingerprint density at radius 2 is 1.72 bits per heavy atom. The first-order valence-corrected chi connectivity index (χ1v) is 7.44. The van der Waals surface area contributed by atoms with Gasteiger partial charge in [-0.3, -0.25) is 9.79 Å². The molecule has 0 saturated heterocycles. The molecule has 0 bridgehead atoms. The van der Waals surface area contributed by atoms with E-state index >= 15 is 0 Å². The van der Waals surface area contributed by atoms with Gasteiger partial charge in [0.15, 0.2) is 0 Å². The van der Waals surface area contributed by atoms with Crippen LogP contribution in [0.4, 0.5) is 0 Å². The van der Waals surface area contributed by atoms with Gasteiger partial charge in [0.1, 0.15) is 0 Å². The minimum Gasteiger partial charge on any atom is -0.352 e. The van der Waals surface area contributed by atoms with Gasteiger partial charge in [-0.1, -0.05) is 25.4 Å². The summed E-state index contributed by atoms with van der Waals surface area (Å²) in [5.74, 6) is 1.04. The Kier molecular flexibility index (Phi) is 15.2. The van der Waals surface area contributed by atoms with Gasteiger partial charge in [0, 0.05) is 24.7 Å². The first kappa shape index (κ1) is 20.3. The Morgan fingerprint density at radius 3 is 1.83 bits per heavy atom. The summed E-state index contributed by atoms with van der Waals surface area (Å²) in [6.45, 7) is 7.28. The lowest BCUT2D eigenvalue weighted by Gasteiger charge is -2.10. The molecule has 0 saturated carbocycles. The number of alkyl halides is 2. The smallest absolute Gasteiger partial charge is 0.217 e. The van der Waals surface area contributed by atoms with Crippen LogP contribution >= 0.6 is 34.8 Å². The van der Waals surface area contributed by atoms with Crippen molar-refractivity contribution in [1.82, 2.24) is 5.32 Å². The standard InChI is InChI=1S/C6H11Cl2N.C6H12ClNO/c1-3-6(4-7)9-5(2)8;1-3-6(4-7)8-5(2)9/h6H,3-4H2,1-2H3;6H,3-4H2,1-2H3,(H,8,9). The molecule has 0 aliphatic rings. The Bertz CT molecular complexity index is 235. The van der Waals surface area contributed by atoms with Gasteiger partial charge in [-0.2, -0.15) is 0 Å². The van der Waals surface area contributed by atoms with Gasteiger partial charge in [-0.25, -0.2) is 0 Å². The second kappa shape index (κ2) is 13.4. The van der Waals surface area contributed by atoms with E-state index in [1.54, 1.807) is 6.92 Å². The number of hydrogen-bond donors (Lipinski definition) is 1. The number of amides is 1. The van der Waals surface area contributed by atoms with Gasteiger partial charge < -0.3 is 5.32 Å². The normalized spacial score (nSPS) is 14.3. The maximum Gasteiger partial charge on any atom is 0.217 e. The average molecular weight is 318 g/mol. The number of nitrogens with one attached hydrogen (secondary N) is 1. The fourth-order valence-electron chi connectivity index (χ4n) is 1.02. The Hall–Kier alpha value is 0.01000. The van der Waals surface area contributed by atoms with E-state index in [0.717, 1.165) is 12.8 Å². The highest BCUT2D eigenvalue weighted by atomic mass is 35.5. The van der Waals surface area contributed by atoms with Gasteiger partial charge in [0.05, 0.1) is 11.2 Å². The number of carbonyl (C=O) groups excluding carboxylic acids is 1. The predicted octanol–water partition coefficient (Wildman–Crippen LogP) is 3.80. The molecule has 0 aromatic carbocycles. The minimum atomic E-state index is -0.0116. The van der Waals surface area contributed by atoms with E-state index in [-0.39, 0.29) is 18.0 Å². The molecule has 0 rings (SSSR count). The molecule has 0 aliphatic heterocycles. The summed E-state index contributed by atoms with van der Waals surface area (Å²) in [4.78, 5) is 14.5. The summed E-state index contributed by atoms with van der Waals surface area (Å²) >= 11 is 16.6. The zero-order valence-electron chi connectivity index (χ0n) is 11.5. The molecule has 0 spiro atoms. The maximum atomic E-state index is 10.4. The zero-order valence-corrected chi connectivity index (χ0v) is 13.7. The van der Waals surface area contributed by atoms with E-state index < -0.39 is 0 Å². The van der Waals surface area contributed by atoms with Crippen molar-refractivity contribution < 1.29 is 4.79 Å². The Balaban J connectivity index is 0. The number of nitrogens with zero attached hydrogens (tertiary/aromatic N) is 1. The van der Waals surface area contributed by atoms with Crippen molar-refractivity contribution in [2.75, 3.05) is 11.8 Å². The van der Waals surface area contributed by atoms with Crippen LogP contribution in [0.3, 0.4) is 0 Å². The van der Waals surface area contributed by atoms with Crippen molar-refractivity contribution in [3.8, 4) is 0 Å². The lowest BCUT2D eigenvalue weighted by atomic mass is 10.2. The van der Waals surface area contributed by atoms with Crippen molar-refractivity contribution in [3.63, 3.8) is 0 Å². The molecule has 6 heteroatoms. The highest BCUT2D eigenvalue weighted by molar-refractivity contribution is 6.64. The van der Waals surface area contributed by atoms with Crippen LogP contribution in [0.1, 0.15) is 40.5 Å². The Labute approximate surface area is 125 Å². The molecule has 2 unspecified atom stereocenters. The van der Waals surface area contributed by atoms with Gasteiger partial charge >= 0.3 is 0 Å². The third-order valence-electron chi connectivity index (χ3n) is 2.10. The topological polar surface area (TPSA) is 41.5 Å². The van der Waals surface area contributed by atoms with E-state index in [0.29, 0.717) is 16.9 Å². The molecule has 18 heavy (non-hydrogen) atoms. The lowest BCUT2D eigenvalue weighted by Crippen LogP contribution is -2.33. The van der Waals surface area contributed by atoms with Crippen LogP contribution in [0, 0.1) is 0 Å². The van der Waals surface area contributed by atoms with Crippen molar-refractivity contribution >= 4 is 45.9 Å². The summed E-state index contributed by atoms with van der Waals surface area (Å²) in [6, 6.07) is 0.341. The molecule has 3 nitrogen and oxygen atoms in total. The zero-order chi connectivity index (χ0) is 14.6. The summed E-state index contributed by atoms with van der Waals surface area (Å²) < 4.78 is 0. The molecule has 1 N–H and O–H groups in total. The van der Waals surface area contributed by atoms with Crippen molar-refractivity contribution in [3.05, 3.63) is 0 Å². The maximum absolute atomic E-state index is 10.4. The van der Waals surface area contributed by atoms with E-state index in [1.807, 2.05) is 13.8 Å². The Morgan fingerprint density at radius 1 is 1.17 bits per heavy atom. The molecule has 0 fully saturated rings. The van der Waals surface area contributed by atoms with Gasteiger partial charge in [-0.05, 0) is 19.8 Å². The molecule has 108 valence electrons. The van der Waals surface area contributed by atoms with Crippen molar-refractivity contribution in [2.24, 2.45) is 4.99 Å². The average Bonchev–Trinajstić information content (AvgIpc) is 2.33. The molecule has 0 aliphatic carbocycles. The van der Waals surface area contributed by atoms with E-state index in [2.05, 4.69) is 10.3 Å².